The largest absolute Gasteiger partial charge is 0.322 e. The Morgan fingerprint density at radius 2 is 2.20 bits per heavy atom. The second kappa shape index (κ2) is 7.23. The van der Waals surface area contributed by atoms with Gasteiger partial charge in [0.2, 0.25) is 0 Å². The lowest BCUT2D eigenvalue weighted by Gasteiger charge is -2.25. The van der Waals surface area contributed by atoms with Crippen LogP contribution in [0.15, 0.2) is 42.6 Å². The third-order valence-electron chi connectivity index (χ3n) is 5.12. The van der Waals surface area contributed by atoms with Crippen LogP contribution in [-0.4, -0.2) is 35.0 Å². The molecule has 3 heterocycles. The molecule has 25 heavy (non-hydrogen) atoms. The van der Waals surface area contributed by atoms with Gasteiger partial charge in [0.05, 0.1) is 11.9 Å². The molecule has 2 aromatic rings. The number of likely N-dealkylation sites (tertiary alicyclic amines) is 1. The van der Waals surface area contributed by atoms with E-state index in [2.05, 4.69) is 45.9 Å². The van der Waals surface area contributed by atoms with Gasteiger partial charge in [0.25, 0.3) is 0 Å². The first-order valence-corrected chi connectivity index (χ1v) is 9.09. The minimum atomic E-state index is -0.0102. The van der Waals surface area contributed by atoms with Gasteiger partial charge < -0.3 is 15.5 Å². The summed E-state index contributed by atoms with van der Waals surface area (Å²) in [5.41, 5.74) is 4.40. The lowest BCUT2D eigenvalue weighted by molar-refractivity contribution is 0.206. The van der Waals surface area contributed by atoms with Gasteiger partial charge in [-0.2, -0.15) is 0 Å². The molecule has 2 N–H and O–H groups in total. The minimum absolute atomic E-state index is 0.0102. The van der Waals surface area contributed by atoms with Crippen molar-refractivity contribution in [3.05, 3.63) is 59.4 Å². The lowest BCUT2D eigenvalue weighted by Crippen LogP contribution is -2.39. The maximum absolute atomic E-state index is 12.8. The highest BCUT2D eigenvalue weighted by molar-refractivity contribution is 5.89. The van der Waals surface area contributed by atoms with Crippen LogP contribution in [0.4, 0.5) is 10.5 Å². The lowest BCUT2D eigenvalue weighted by atomic mass is 10.0. The summed E-state index contributed by atoms with van der Waals surface area (Å²) in [7, 11) is 0. The summed E-state index contributed by atoms with van der Waals surface area (Å²) in [4.78, 5) is 19.2. The van der Waals surface area contributed by atoms with Gasteiger partial charge in [0, 0.05) is 37.8 Å². The molecule has 1 saturated heterocycles. The molecule has 1 aromatic heterocycles. The van der Waals surface area contributed by atoms with Crippen LogP contribution in [0.2, 0.25) is 0 Å². The number of nitrogens with zero attached hydrogens (tertiary/aromatic N) is 2. The highest BCUT2D eigenvalue weighted by Gasteiger charge is 2.29. The summed E-state index contributed by atoms with van der Waals surface area (Å²) in [5.74, 6) is 0. The summed E-state index contributed by atoms with van der Waals surface area (Å²) >= 11 is 0. The van der Waals surface area contributed by atoms with Gasteiger partial charge in [-0.3, -0.25) is 4.98 Å². The number of pyridine rings is 1. The van der Waals surface area contributed by atoms with Crippen molar-refractivity contribution < 1.29 is 4.79 Å². The second-order valence-electron chi connectivity index (χ2n) is 6.87. The number of urea groups is 1. The molecule has 5 nitrogen and oxygen atoms in total. The molecule has 130 valence electrons. The van der Waals surface area contributed by atoms with Gasteiger partial charge in [-0.15, -0.1) is 0 Å². The number of carbonyl (C=O) groups is 1. The molecule has 0 aliphatic carbocycles. The van der Waals surface area contributed by atoms with Crippen LogP contribution in [0.1, 0.15) is 29.7 Å². The van der Waals surface area contributed by atoms with Gasteiger partial charge in [-0.05, 0) is 36.5 Å². The average molecular weight is 336 g/mol. The van der Waals surface area contributed by atoms with Gasteiger partial charge in [-0.1, -0.05) is 30.3 Å². The van der Waals surface area contributed by atoms with E-state index in [9.17, 15) is 4.79 Å². The van der Waals surface area contributed by atoms with E-state index in [4.69, 9.17) is 0 Å². The SMILES string of the molecule is O=C(Nc1cnc2c(c1)CNCC2)N1CCCC1Cc1ccccc1. The molecular formula is C20H24N4O. The van der Waals surface area contributed by atoms with Crippen molar-refractivity contribution >= 4 is 11.7 Å². The molecule has 0 spiro atoms. The number of amides is 2. The van der Waals surface area contributed by atoms with Crippen LogP contribution in [0, 0.1) is 0 Å². The molecule has 0 radical (unpaired) electrons. The van der Waals surface area contributed by atoms with E-state index in [1.807, 2.05) is 11.0 Å². The Morgan fingerprint density at radius 1 is 1.32 bits per heavy atom. The molecule has 2 amide bonds. The summed E-state index contributed by atoms with van der Waals surface area (Å²) in [6, 6.07) is 12.7. The van der Waals surface area contributed by atoms with E-state index in [0.717, 1.165) is 56.7 Å². The first kappa shape index (κ1) is 16.1. The van der Waals surface area contributed by atoms with E-state index < -0.39 is 0 Å². The average Bonchev–Trinajstić information content (AvgIpc) is 3.11. The fourth-order valence-corrected chi connectivity index (χ4v) is 3.81. The molecule has 0 saturated carbocycles. The van der Waals surface area contributed by atoms with Gasteiger partial charge >= 0.3 is 6.03 Å². The molecule has 5 heteroatoms. The Labute approximate surface area is 148 Å². The van der Waals surface area contributed by atoms with Gasteiger partial charge in [0.1, 0.15) is 0 Å². The van der Waals surface area contributed by atoms with Crippen LogP contribution < -0.4 is 10.6 Å². The number of benzene rings is 1. The number of hydrogen-bond donors (Lipinski definition) is 2. The van der Waals surface area contributed by atoms with E-state index in [1.165, 1.54) is 11.1 Å². The number of aromatic nitrogens is 1. The second-order valence-corrected chi connectivity index (χ2v) is 6.87. The summed E-state index contributed by atoms with van der Waals surface area (Å²) < 4.78 is 0. The standard InChI is InChI=1S/C20H24N4O/c25-20(23-17-12-16-13-21-9-8-19(16)22-14-17)24-10-4-7-18(24)11-15-5-2-1-3-6-15/h1-3,5-6,12,14,18,21H,4,7-11,13H2,(H,23,25). The van der Waals surface area contributed by atoms with Crippen molar-refractivity contribution in [1.29, 1.82) is 0 Å². The van der Waals surface area contributed by atoms with Gasteiger partial charge in [-0.25, -0.2) is 4.79 Å². The zero-order valence-corrected chi connectivity index (χ0v) is 14.4. The molecule has 1 aromatic carbocycles. The van der Waals surface area contributed by atoms with Crippen LogP contribution in [-0.2, 0) is 19.4 Å². The zero-order valence-electron chi connectivity index (χ0n) is 14.4. The minimum Gasteiger partial charge on any atom is -0.321 e. The molecule has 4 rings (SSSR count). The highest BCUT2D eigenvalue weighted by atomic mass is 16.2. The molecule has 2 aliphatic heterocycles. The first-order valence-electron chi connectivity index (χ1n) is 9.09. The smallest absolute Gasteiger partial charge is 0.321 e. The Kier molecular flexibility index (Phi) is 4.65. The highest BCUT2D eigenvalue weighted by Crippen LogP contribution is 2.23. The summed E-state index contributed by atoms with van der Waals surface area (Å²) in [6.07, 6.45) is 5.78. The Balaban J connectivity index is 1.43. The third-order valence-corrected chi connectivity index (χ3v) is 5.12. The maximum Gasteiger partial charge on any atom is 0.322 e. The Bertz CT molecular complexity index is 747. The summed E-state index contributed by atoms with van der Waals surface area (Å²) in [5, 5.41) is 6.39. The Morgan fingerprint density at radius 3 is 3.08 bits per heavy atom. The molecule has 2 aliphatic rings. The molecular weight excluding hydrogens is 312 g/mol. The number of rotatable bonds is 3. The molecule has 1 atom stereocenters. The topological polar surface area (TPSA) is 57.3 Å². The number of fused-ring (bicyclic) bond motifs is 1. The van der Waals surface area contributed by atoms with Crippen molar-refractivity contribution in [2.45, 2.75) is 38.3 Å². The summed E-state index contributed by atoms with van der Waals surface area (Å²) in [6.45, 7) is 2.62. The molecule has 0 bridgehead atoms. The molecule has 1 fully saturated rings. The zero-order chi connectivity index (χ0) is 17.1. The van der Waals surface area contributed by atoms with Crippen LogP contribution in [0.25, 0.3) is 0 Å². The predicted molar refractivity (Wildman–Crippen MR) is 98.5 cm³/mol. The van der Waals surface area contributed by atoms with Crippen molar-refractivity contribution in [3.8, 4) is 0 Å². The van der Waals surface area contributed by atoms with Crippen molar-refractivity contribution in [3.63, 3.8) is 0 Å². The van der Waals surface area contributed by atoms with E-state index in [0.29, 0.717) is 0 Å². The number of anilines is 1. The van der Waals surface area contributed by atoms with Crippen molar-refractivity contribution in [2.75, 3.05) is 18.4 Å². The number of carbonyl (C=O) groups excluding carboxylic acids is 1. The number of nitrogens with one attached hydrogen (secondary N) is 2. The van der Waals surface area contributed by atoms with Crippen molar-refractivity contribution in [1.82, 2.24) is 15.2 Å². The first-order chi connectivity index (χ1) is 12.3. The van der Waals surface area contributed by atoms with Gasteiger partial charge in [0.15, 0.2) is 0 Å². The van der Waals surface area contributed by atoms with E-state index in [1.54, 1.807) is 6.20 Å². The fourth-order valence-electron chi connectivity index (χ4n) is 3.81. The third kappa shape index (κ3) is 3.66. The van der Waals surface area contributed by atoms with Crippen LogP contribution in [0.3, 0.4) is 0 Å². The maximum atomic E-state index is 12.8. The van der Waals surface area contributed by atoms with E-state index in [-0.39, 0.29) is 12.1 Å². The normalized spacial score (nSPS) is 19.5. The number of hydrogen-bond acceptors (Lipinski definition) is 3. The quantitative estimate of drug-likeness (QED) is 0.906. The van der Waals surface area contributed by atoms with Crippen LogP contribution in [0.5, 0.6) is 0 Å². The van der Waals surface area contributed by atoms with Crippen LogP contribution >= 0.6 is 0 Å². The van der Waals surface area contributed by atoms with E-state index >= 15 is 0 Å². The fraction of sp³-hybridized carbons (Fsp3) is 0.400. The monoisotopic (exact) mass is 336 g/mol. The Hall–Kier alpha value is -2.40. The van der Waals surface area contributed by atoms with Crippen molar-refractivity contribution in [2.24, 2.45) is 0 Å². The molecule has 1 unspecified atom stereocenters. The predicted octanol–water partition coefficient (Wildman–Crippen LogP) is 2.97.